The van der Waals surface area contributed by atoms with Gasteiger partial charge in [-0.3, -0.25) is 4.79 Å². The van der Waals surface area contributed by atoms with Gasteiger partial charge in [-0.25, -0.2) is 4.98 Å². The maximum absolute atomic E-state index is 10.7. The highest BCUT2D eigenvalue weighted by Gasteiger charge is 2.03. The van der Waals surface area contributed by atoms with Crippen LogP contribution in [0.2, 0.25) is 0 Å². The highest BCUT2D eigenvalue weighted by molar-refractivity contribution is 7.11. The van der Waals surface area contributed by atoms with Gasteiger partial charge in [0.15, 0.2) is 5.01 Å². The van der Waals surface area contributed by atoms with Gasteiger partial charge < -0.3 is 5.73 Å². The number of carbonyl (C=O) groups is 1. The highest BCUT2D eigenvalue weighted by Crippen LogP contribution is 2.02. The van der Waals surface area contributed by atoms with Crippen LogP contribution in [0.3, 0.4) is 0 Å². The van der Waals surface area contributed by atoms with E-state index in [4.69, 9.17) is 5.73 Å². The third-order valence-corrected chi connectivity index (χ3v) is 1.67. The zero-order valence-corrected chi connectivity index (χ0v) is 5.52. The van der Waals surface area contributed by atoms with E-state index in [9.17, 15) is 4.79 Å². The second kappa shape index (κ2) is 2.70. The summed E-state index contributed by atoms with van der Waals surface area (Å²) < 4.78 is 0. The van der Waals surface area contributed by atoms with Gasteiger partial charge in [0.2, 0.25) is 5.78 Å². The second-order valence-corrected chi connectivity index (χ2v) is 2.36. The maximum Gasteiger partial charge on any atom is 0.204 e. The van der Waals surface area contributed by atoms with Gasteiger partial charge in [-0.05, 0) is 0 Å². The zero-order chi connectivity index (χ0) is 6.69. The normalized spacial score (nSPS) is 9.44. The first-order valence-corrected chi connectivity index (χ1v) is 3.35. The minimum absolute atomic E-state index is 0.0491. The largest absolute Gasteiger partial charge is 0.324 e. The third kappa shape index (κ3) is 1.34. The Labute approximate surface area is 56.5 Å². The lowest BCUT2D eigenvalue weighted by molar-refractivity contribution is 0.100. The van der Waals surface area contributed by atoms with Crippen molar-refractivity contribution >= 4 is 17.1 Å². The third-order valence-electron chi connectivity index (χ3n) is 0.856. The molecule has 0 spiro atoms. The molecule has 0 atom stereocenters. The van der Waals surface area contributed by atoms with E-state index >= 15 is 0 Å². The maximum atomic E-state index is 10.7. The Kier molecular flexibility index (Phi) is 1.92. The van der Waals surface area contributed by atoms with Crippen molar-refractivity contribution in [2.45, 2.75) is 0 Å². The summed E-state index contributed by atoms with van der Waals surface area (Å²) in [4.78, 5) is 14.5. The molecule has 0 aliphatic carbocycles. The Morgan fingerprint density at radius 2 is 2.67 bits per heavy atom. The monoisotopic (exact) mass is 142 g/mol. The molecule has 48 valence electrons. The average molecular weight is 142 g/mol. The number of ketones is 1. The molecule has 0 aromatic carbocycles. The molecule has 0 saturated carbocycles. The molecule has 0 radical (unpaired) electrons. The lowest BCUT2D eigenvalue weighted by atomic mass is 10.4. The number of nitrogens with two attached hydrogens (primary N) is 1. The first-order valence-electron chi connectivity index (χ1n) is 2.47. The molecule has 0 amide bonds. The number of aromatic nitrogens is 1. The van der Waals surface area contributed by atoms with Crippen molar-refractivity contribution in [3.8, 4) is 0 Å². The van der Waals surface area contributed by atoms with Crippen molar-refractivity contribution in [2.24, 2.45) is 5.73 Å². The van der Waals surface area contributed by atoms with Crippen molar-refractivity contribution in [1.82, 2.24) is 4.98 Å². The topological polar surface area (TPSA) is 56.0 Å². The molecule has 1 aromatic rings. The van der Waals surface area contributed by atoms with Gasteiger partial charge in [0.25, 0.3) is 0 Å². The van der Waals surface area contributed by atoms with Gasteiger partial charge in [0, 0.05) is 11.6 Å². The summed E-state index contributed by atoms with van der Waals surface area (Å²) >= 11 is 1.31. The van der Waals surface area contributed by atoms with E-state index in [-0.39, 0.29) is 12.3 Å². The van der Waals surface area contributed by atoms with Crippen LogP contribution in [-0.2, 0) is 0 Å². The van der Waals surface area contributed by atoms with Crippen molar-refractivity contribution in [3.63, 3.8) is 0 Å². The number of hydrogen-bond acceptors (Lipinski definition) is 4. The Morgan fingerprint density at radius 1 is 1.89 bits per heavy atom. The van der Waals surface area contributed by atoms with Gasteiger partial charge >= 0.3 is 0 Å². The van der Waals surface area contributed by atoms with Crippen LogP contribution >= 0.6 is 11.3 Å². The minimum atomic E-state index is -0.0926. The molecule has 1 aromatic heterocycles. The predicted molar refractivity (Wildman–Crippen MR) is 35.5 cm³/mol. The van der Waals surface area contributed by atoms with Crippen LogP contribution in [0.25, 0.3) is 0 Å². The number of thiazole rings is 1. The molecule has 4 heteroatoms. The minimum Gasteiger partial charge on any atom is -0.324 e. The summed E-state index contributed by atoms with van der Waals surface area (Å²) in [5.74, 6) is -0.0926. The van der Waals surface area contributed by atoms with E-state index in [0.29, 0.717) is 5.01 Å². The van der Waals surface area contributed by atoms with E-state index in [2.05, 4.69) is 4.98 Å². The summed E-state index contributed by atoms with van der Waals surface area (Å²) in [6.45, 7) is 0.0491. The van der Waals surface area contributed by atoms with E-state index in [1.807, 2.05) is 0 Å². The second-order valence-electron chi connectivity index (χ2n) is 1.46. The van der Waals surface area contributed by atoms with Gasteiger partial charge in [-0.1, -0.05) is 0 Å². The summed E-state index contributed by atoms with van der Waals surface area (Å²) in [6, 6.07) is 0. The molecular formula is C5H6N2OS. The van der Waals surface area contributed by atoms with Gasteiger partial charge in [0.05, 0.1) is 6.54 Å². The van der Waals surface area contributed by atoms with Crippen molar-refractivity contribution in [2.75, 3.05) is 6.54 Å². The fourth-order valence-corrected chi connectivity index (χ4v) is 1.04. The molecule has 1 rings (SSSR count). The highest BCUT2D eigenvalue weighted by atomic mass is 32.1. The number of Topliss-reactive ketones (excluding diaryl/α,β-unsaturated/α-hetero) is 1. The van der Waals surface area contributed by atoms with E-state index in [0.717, 1.165) is 0 Å². The molecule has 3 nitrogen and oxygen atoms in total. The smallest absolute Gasteiger partial charge is 0.204 e. The Balaban J connectivity index is 2.77. The molecule has 0 aliphatic rings. The first kappa shape index (κ1) is 6.38. The summed E-state index contributed by atoms with van der Waals surface area (Å²) in [5.41, 5.74) is 5.08. The number of carbonyl (C=O) groups excluding carboxylic acids is 1. The first-order chi connectivity index (χ1) is 4.34. The van der Waals surface area contributed by atoms with E-state index < -0.39 is 0 Å². The molecule has 9 heavy (non-hydrogen) atoms. The van der Waals surface area contributed by atoms with Gasteiger partial charge in [-0.2, -0.15) is 0 Å². The molecule has 1 heterocycles. The van der Waals surface area contributed by atoms with Crippen LogP contribution in [0.5, 0.6) is 0 Å². The summed E-state index contributed by atoms with van der Waals surface area (Å²) in [6.07, 6.45) is 1.59. The van der Waals surface area contributed by atoms with Crippen LogP contribution in [0.15, 0.2) is 11.6 Å². The van der Waals surface area contributed by atoms with Gasteiger partial charge in [-0.15, -0.1) is 11.3 Å². The molecule has 2 N–H and O–H groups in total. The number of rotatable bonds is 2. The molecule has 0 saturated heterocycles. The SMILES string of the molecule is NCC(=O)c1nccs1. The summed E-state index contributed by atoms with van der Waals surface area (Å²) in [7, 11) is 0. The fraction of sp³-hybridized carbons (Fsp3) is 0.200. The van der Waals surface area contributed by atoms with Crippen molar-refractivity contribution in [3.05, 3.63) is 16.6 Å². The zero-order valence-electron chi connectivity index (χ0n) is 4.70. The molecule has 0 fully saturated rings. The van der Waals surface area contributed by atoms with Crippen LogP contribution in [0.4, 0.5) is 0 Å². The van der Waals surface area contributed by atoms with E-state index in [1.165, 1.54) is 11.3 Å². The van der Waals surface area contributed by atoms with Crippen LogP contribution < -0.4 is 5.73 Å². The van der Waals surface area contributed by atoms with Crippen molar-refractivity contribution in [1.29, 1.82) is 0 Å². The molecule has 0 aliphatic heterocycles. The quantitative estimate of drug-likeness (QED) is 0.603. The van der Waals surface area contributed by atoms with Crippen LogP contribution in [0, 0.1) is 0 Å². The van der Waals surface area contributed by atoms with Crippen LogP contribution in [0.1, 0.15) is 9.80 Å². The van der Waals surface area contributed by atoms with Gasteiger partial charge in [0.1, 0.15) is 0 Å². The summed E-state index contributed by atoms with van der Waals surface area (Å²) in [5, 5.41) is 2.25. The predicted octanol–water partition coefficient (Wildman–Crippen LogP) is 0.284. The van der Waals surface area contributed by atoms with E-state index in [1.54, 1.807) is 11.6 Å². The Hall–Kier alpha value is -0.740. The lowest BCUT2D eigenvalue weighted by Gasteiger charge is -1.85. The number of hydrogen-bond donors (Lipinski definition) is 1. The molecule has 0 bridgehead atoms. The van der Waals surface area contributed by atoms with Crippen molar-refractivity contribution < 1.29 is 4.79 Å². The standard InChI is InChI=1S/C5H6N2OS/c6-3-4(8)5-7-1-2-9-5/h1-2H,3,6H2. The Bertz CT molecular complexity index is 195. The molecule has 0 unspecified atom stereocenters. The fourth-order valence-electron chi connectivity index (χ4n) is 0.448. The Morgan fingerprint density at radius 3 is 3.11 bits per heavy atom. The lowest BCUT2D eigenvalue weighted by Crippen LogP contribution is -2.12. The molecular weight excluding hydrogens is 136 g/mol. The average Bonchev–Trinajstić information content (AvgIpc) is 2.37. The van der Waals surface area contributed by atoms with Crippen LogP contribution in [-0.4, -0.2) is 17.3 Å². The number of nitrogens with zero attached hydrogens (tertiary/aromatic N) is 1.